The molecule has 0 aliphatic heterocycles. The molecule has 1 aromatic heterocycles. The molecule has 3 rings (SSSR count). The molecule has 0 fully saturated rings. The molecule has 8 nitrogen and oxygen atoms in total. The lowest BCUT2D eigenvalue weighted by molar-refractivity contribution is -0.152. The van der Waals surface area contributed by atoms with Crippen molar-refractivity contribution in [1.29, 1.82) is 0 Å². The topological polar surface area (TPSA) is 113 Å². The Bertz CT molecular complexity index is 1080. The van der Waals surface area contributed by atoms with Gasteiger partial charge in [0.05, 0.1) is 24.6 Å². The highest BCUT2D eigenvalue weighted by Gasteiger charge is 2.19. The van der Waals surface area contributed by atoms with Crippen LogP contribution < -0.4 is 15.7 Å². The second-order valence-electron chi connectivity index (χ2n) is 6.45. The maximum atomic E-state index is 12.3. The summed E-state index contributed by atoms with van der Waals surface area (Å²) in [6.07, 6.45) is -0.983. The van der Waals surface area contributed by atoms with Gasteiger partial charge in [-0.3, -0.25) is 9.59 Å². The van der Waals surface area contributed by atoms with E-state index in [1.54, 1.807) is 24.3 Å². The minimum Gasteiger partial charge on any atom is -0.496 e. The normalized spacial score (nSPS) is 11.8. The number of H-pyrrole nitrogens is 2. The first-order valence-corrected chi connectivity index (χ1v) is 8.71. The van der Waals surface area contributed by atoms with E-state index >= 15 is 0 Å². The first kappa shape index (κ1) is 19.2. The van der Waals surface area contributed by atoms with E-state index in [1.807, 2.05) is 19.1 Å². The van der Waals surface area contributed by atoms with Crippen LogP contribution in [0.4, 0.5) is 5.69 Å². The third-order valence-electron chi connectivity index (χ3n) is 4.23. The summed E-state index contributed by atoms with van der Waals surface area (Å²) >= 11 is 0. The van der Waals surface area contributed by atoms with Crippen LogP contribution in [0.5, 0.6) is 5.75 Å². The van der Waals surface area contributed by atoms with E-state index in [4.69, 9.17) is 9.47 Å². The summed E-state index contributed by atoms with van der Waals surface area (Å²) in [6, 6.07) is 10.5. The number of amides is 1. The van der Waals surface area contributed by atoms with E-state index in [-0.39, 0.29) is 12.1 Å². The molecule has 0 aliphatic carbocycles. The molecule has 0 saturated carbocycles. The summed E-state index contributed by atoms with van der Waals surface area (Å²) in [5.74, 6) is -0.410. The highest BCUT2D eigenvalue weighted by molar-refractivity contribution is 5.96. The monoisotopic (exact) mass is 383 g/mol. The van der Waals surface area contributed by atoms with Gasteiger partial charge in [-0.2, -0.15) is 0 Å². The maximum Gasteiger partial charge on any atom is 0.323 e. The summed E-state index contributed by atoms with van der Waals surface area (Å²) < 4.78 is 10.5. The quantitative estimate of drug-likeness (QED) is 0.565. The fourth-order valence-corrected chi connectivity index (χ4v) is 2.85. The Morgan fingerprint density at radius 3 is 2.61 bits per heavy atom. The number of hydrogen-bond acceptors (Lipinski definition) is 5. The molecule has 0 saturated heterocycles. The van der Waals surface area contributed by atoms with Gasteiger partial charge in [0.25, 0.3) is 5.91 Å². The van der Waals surface area contributed by atoms with Gasteiger partial charge in [-0.05, 0) is 38.1 Å². The number of anilines is 1. The number of aromatic amines is 2. The molecule has 3 aromatic rings. The smallest absolute Gasteiger partial charge is 0.323 e. The molecule has 0 radical (unpaired) electrons. The molecule has 8 heteroatoms. The summed E-state index contributed by atoms with van der Waals surface area (Å²) in [6.45, 7) is 3.41. The fourth-order valence-electron chi connectivity index (χ4n) is 2.85. The molecule has 2 aromatic carbocycles. The molecule has 1 unspecified atom stereocenters. The average molecular weight is 383 g/mol. The van der Waals surface area contributed by atoms with E-state index in [1.165, 1.54) is 14.0 Å². The largest absolute Gasteiger partial charge is 0.496 e. The molecule has 28 heavy (non-hydrogen) atoms. The van der Waals surface area contributed by atoms with Crippen molar-refractivity contribution in [3.05, 3.63) is 58.0 Å². The number of rotatable bonds is 6. The molecule has 0 aliphatic rings. The van der Waals surface area contributed by atoms with Gasteiger partial charge in [0.1, 0.15) is 5.75 Å². The zero-order valence-corrected chi connectivity index (χ0v) is 15.8. The second-order valence-corrected chi connectivity index (χ2v) is 6.45. The molecule has 1 heterocycles. The summed E-state index contributed by atoms with van der Waals surface area (Å²) in [4.78, 5) is 41.1. The van der Waals surface area contributed by atoms with E-state index in [0.717, 1.165) is 5.56 Å². The Kier molecular flexibility index (Phi) is 5.49. The SMILES string of the molecule is COc1ccc(C)cc1CC(=O)OC(C)C(=O)Nc1ccc2[nH]c(=O)[nH]c2c1. The Morgan fingerprint density at radius 1 is 1.11 bits per heavy atom. The van der Waals surface area contributed by atoms with Crippen LogP contribution in [0.3, 0.4) is 0 Å². The van der Waals surface area contributed by atoms with Crippen molar-refractivity contribution in [1.82, 2.24) is 9.97 Å². The number of aryl methyl sites for hydroxylation is 1. The van der Waals surface area contributed by atoms with Crippen molar-refractivity contribution in [2.24, 2.45) is 0 Å². The molecule has 0 bridgehead atoms. The van der Waals surface area contributed by atoms with Crippen LogP contribution in [0.25, 0.3) is 11.0 Å². The highest BCUT2D eigenvalue weighted by Crippen LogP contribution is 2.21. The van der Waals surface area contributed by atoms with Gasteiger partial charge in [-0.25, -0.2) is 4.79 Å². The van der Waals surface area contributed by atoms with Gasteiger partial charge >= 0.3 is 11.7 Å². The number of carbonyl (C=O) groups excluding carboxylic acids is 2. The van der Waals surface area contributed by atoms with Crippen LogP contribution in [0, 0.1) is 6.92 Å². The number of fused-ring (bicyclic) bond motifs is 1. The van der Waals surface area contributed by atoms with Crippen molar-refractivity contribution in [2.75, 3.05) is 12.4 Å². The second kappa shape index (κ2) is 7.99. The third-order valence-corrected chi connectivity index (χ3v) is 4.23. The Balaban J connectivity index is 1.62. The number of ether oxygens (including phenoxy) is 2. The van der Waals surface area contributed by atoms with Crippen molar-refractivity contribution in [3.63, 3.8) is 0 Å². The highest BCUT2D eigenvalue weighted by atomic mass is 16.5. The Labute approximate surface area is 160 Å². The molecular weight excluding hydrogens is 362 g/mol. The van der Waals surface area contributed by atoms with E-state index in [0.29, 0.717) is 28.0 Å². The lowest BCUT2D eigenvalue weighted by Gasteiger charge is -2.14. The first-order valence-electron chi connectivity index (χ1n) is 8.71. The van der Waals surface area contributed by atoms with Gasteiger partial charge in [-0.1, -0.05) is 17.7 Å². The van der Waals surface area contributed by atoms with Gasteiger partial charge in [0.15, 0.2) is 6.10 Å². The van der Waals surface area contributed by atoms with Gasteiger partial charge < -0.3 is 24.8 Å². The summed E-state index contributed by atoms with van der Waals surface area (Å²) in [5.41, 5.74) is 3.05. The number of benzene rings is 2. The van der Waals surface area contributed by atoms with Gasteiger partial charge in [0.2, 0.25) is 0 Å². The van der Waals surface area contributed by atoms with Crippen LogP contribution in [0.1, 0.15) is 18.1 Å². The number of carbonyl (C=O) groups is 2. The fraction of sp³-hybridized carbons (Fsp3) is 0.250. The molecule has 0 spiro atoms. The van der Waals surface area contributed by atoms with Crippen LogP contribution in [0.2, 0.25) is 0 Å². The molecule has 146 valence electrons. The van der Waals surface area contributed by atoms with E-state index < -0.39 is 18.0 Å². The molecular formula is C20H21N3O5. The Hall–Kier alpha value is -3.55. The average Bonchev–Trinajstić information content (AvgIpc) is 3.01. The van der Waals surface area contributed by atoms with Crippen LogP contribution >= 0.6 is 0 Å². The third kappa shape index (κ3) is 4.40. The zero-order valence-electron chi connectivity index (χ0n) is 15.8. The standard InChI is InChI=1S/C20H21N3O5/c1-11-4-7-17(27-3)13(8-11)9-18(24)28-12(2)19(25)21-14-5-6-15-16(10-14)23-20(26)22-15/h4-8,10,12H,9H2,1-3H3,(H,21,25)(H2,22,23,26). The van der Waals surface area contributed by atoms with E-state index in [2.05, 4.69) is 15.3 Å². The number of esters is 1. The maximum absolute atomic E-state index is 12.3. The van der Waals surface area contributed by atoms with Crippen molar-refractivity contribution in [2.45, 2.75) is 26.4 Å². The molecule has 1 atom stereocenters. The predicted molar refractivity (Wildman–Crippen MR) is 105 cm³/mol. The predicted octanol–water partition coefficient (Wildman–Crippen LogP) is 2.29. The van der Waals surface area contributed by atoms with Gasteiger partial charge in [-0.15, -0.1) is 0 Å². The zero-order chi connectivity index (χ0) is 20.3. The number of hydrogen-bond donors (Lipinski definition) is 3. The van der Waals surface area contributed by atoms with Crippen LogP contribution in [-0.2, 0) is 20.7 Å². The Morgan fingerprint density at radius 2 is 1.86 bits per heavy atom. The van der Waals surface area contributed by atoms with Crippen molar-refractivity contribution >= 4 is 28.6 Å². The van der Waals surface area contributed by atoms with Crippen molar-refractivity contribution < 1.29 is 19.1 Å². The number of nitrogens with one attached hydrogen (secondary N) is 3. The summed E-state index contributed by atoms with van der Waals surface area (Å²) in [7, 11) is 1.53. The number of methoxy groups -OCH3 is 1. The lowest BCUT2D eigenvalue weighted by Crippen LogP contribution is -2.30. The molecule has 3 N–H and O–H groups in total. The number of aromatic nitrogens is 2. The van der Waals surface area contributed by atoms with Crippen LogP contribution in [0.15, 0.2) is 41.2 Å². The molecule has 1 amide bonds. The minimum atomic E-state index is -0.982. The van der Waals surface area contributed by atoms with Gasteiger partial charge in [0, 0.05) is 11.3 Å². The minimum absolute atomic E-state index is 0.000973. The first-order chi connectivity index (χ1) is 13.4. The number of imidazole rings is 1. The summed E-state index contributed by atoms with van der Waals surface area (Å²) in [5, 5.41) is 2.67. The van der Waals surface area contributed by atoms with E-state index in [9.17, 15) is 14.4 Å². The lowest BCUT2D eigenvalue weighted by atomic mass is 10.1. The van der Waals surface area contributed by atoms with Crippen LogP contribution in [-0.4, -0.2) is 35.1 Å². The van der Waals surface area contributed by atoms with Crippen molar-refractivity contribution in [3.8, 4) is 5.75 Å².